The molecule has 0 atom stereocenters. The van der Waals surface area contributed by atoms with E-state index in [9.17, 15) is 28.2 Å². The van der Waals surface area contributed by atoms with Crippen LogP contribution in [0.2, 0.25) is 0 Å². The van der Waals surface area contributed by atoms with Gasteiger partial charge in [-0.15, -0.1) is 11.3 Å². The van der Waals surface area contributed by atoms with Gasteiger partial charge in [-0.1, -0.05) is 12.1 Å². The Morgan fingerprint density at radius 2 is 1.71 bits per heavy atom. The summed E-state index contributed by atoms with van der Waals surface area (Å²) < 4.78 is 40.3. The highest BCUT2D eigenvalue weighted by Gasteiger charge is 2.24. The smallest absolute Gasteiger partial charge is 0.206 e. The van der Waals surface area contributed by atoms with Gasteiger partial charge in [0, 0.05) is 4.88 Å². The third-order valence-electron chi connectivity index (χ3n) is 3.34. The van der Waals surface area contributed by atoms with Crippen molar-refractivity contribution in [2.75, 3.05) is 0 Å². The predicted molar refractivity (Wildman–Crippen MR) is 82.8 cm³/mol. The van der Waals surface area contributed by atoms with Gasteiger partial charge in [-0.3, -0.25) is 4.79 Å². The molecule has 0 spiro atoms. The average Bonchev–Trinajstić information content (AvgIpc) is 3.05. The summed E-state index contributed by atoms with van der Waals surface area (Å²) >= 11 is 0.997. The van der Waals surface area contributed by atoms with Crippen LogP contribution in [0.3, 0.4) is 0 Å². The first-order chi connectivity index (χ1) is 11.4. The minimum absolute atomic E-state index is 0.0466. The third-order valence-corrected chi connectivity index (χ3v) is 4.47. The molecular formula is C17H9F3O3S. The van der Waals surface area contributed by atoms with E-state index < -0.39 is 34.5 Å². The van der Waals surface area contributed by atoms with Crippen molar-refractivity contribution in [3.05, 3.63) is 70.4 Å². The summed E-state index contributed by atoms with van der Waals surface area (Å²) in [7, 11) is 0. The fourth-order valence-electron chi connectivity index (χ4n) is 2.16. The van der Waals surface area contributed by atoms with Gasteiger partial charge in [-0.05, 0) is 35.9 Å². The summed E-state index contributed by atoms with van der Waals surface area (Å²) in [5.41, 5.74) is -0.108. The van der Waals surface area contributed by atoms with Crippen molar-refractivity contribution in [3.8, 4) is 21.9 Å². The maximum absolute atomic E-state index is 13.9. The Kier molecular flexibility index (Phi) is 4.02. The summed E-state index contributed by atoms with van der Waals surface area (Å²) in [6.45, 7) is 0. The molecule has 0 amide bonds. The Labute approximate surface area is 138 Å². The zero-order valence-electron chi connectivity index (χ0n) is 11.9. The number of halogens is 3. The number of ketones is 1. The lowest BCUT2D eigenvalue weighted by molar-refractivity contribution is 0.103. The highest BCUT2D eigenvalue weighted by atomic mass is 32.1. The van der Waals surface area contributed by atoms with E-state index >= 15 is 0 Å². The molecule has 0 aliphatic heterocycles. The van der Waals surface area contributed by atoms with E-state index in [2.05, 4.69) is 0 Å². The fourth-order valence-corrected chi connectivity index (χ4v) is 3.12. The Bertz CT molecular complexity index is 950. The van der Waals surface area contributed by atoms with E-state index in [1.54, 1.807) is 18.2 Å². The number of aromatic hydroxyl groups is 2. The quantitative estimate of drug-likeness (QED) is 0.541. The Morgan fingerprint density at radius 1 is 0.958 bits per heavy atom. The van der Waals surface area contributed by atoms with E-state index in [1.807, 2.05) is 0 Å². The summed E-state index contributed by atoms with van der Waals surface area (Å²) in [6.07, 6.45) is 0. The van der Waals surface area contributed by atoms with Crippen LogP contribution in [0, 0.1) is 17.5 Å². The normalized spacial score (nSPS) is 10.8. The second kappa shape index (κ2) is 6.01. The lowest BCUT2D eigenvalue weighted by Crippen LogP contribution is -2.05. The average molecular weight is 350 g/mol. The first-order valence-electron chi connectivity index (χ1n) is 6.69. The molecule has 2 aromatic carbocycles. The largest absolute Gasteiger partial charge is 0.508 e. The zero-order valence-corrected chi connectivity index (χ0v) is 12.7. The van der Waals surface area contributed by atoms with Gasteiger partial charge in [0.2, 0.25) is 11.6 Å². The van der Waals surface area contributed by atoms with Crippen LogP contribution in [-0.4, -0.2) is 16.0 Å². The van der Waals surface area contributed by atoms with Gasteiger partial charge in [0.1, 0.15) is 5.75 Å². The molecule has 1 heterocycles. The minimum atomic E-state index is -1.74. The summed E-state index contributed by atoms with van der Waals surface area (Å²) in [4.78, 5) is 13.0. The zero-order chi connectivity index (χ0) is 17.4. The number of phenols is 2. The number of rotatable bonds is 3. The first kappa shape index (κ1) is 16.1. The molecule has 24 heavy (non-hydrogen) atoms. The van der Waals surface area contributed by atoms with Crippen LogP contribution < -0.4 is 0 Å². The number of hydrogen-bond acceptors (Lipinski definition) is 4. The van der Waals surface area contributed by atoms with Crippen LogP contribution in [0.25, 0.3) is 10.4 Å². The van der Waals surface area contributed by atoms with Crippen molar-refractivity contribution >= 4 is 17.1 Å². The molecule has 3 rings (SSSR count). The van der Waals surface area contributed by atoms with Gasteiger partial charge in [-0.2, -0.15) is 4.39 Å². The molecule has 0 saturated heterocycles. The number of carbonyl (C=O) groups excluding carboxylic acids is 1. The summed E-state index contributed by atoms with van der Waals surface area (Å²) in [5.74, 6) is -7.12. The van der Waals surface area contributed by atoms with Gasteiger partial charge in [0.15, 0.2) is 17.4 Å². The van der Waals surface area contributed by atoms with Gasteiger partial charge >= 0.3 is 0 Å². The van der Waals surface area contributed by atoms with Crippen LogP contribution >= 0.6 is 11.3 Å². The fraction of sp³-hybridized carbons (Fsp3) is 0. The number of thiophene rings is 1. The van der Waals surface area contributed by atoms with Crippen LogP contribution in [0.4, 0.5) is 13.2 Å². The maximum atomic E-state index is 13.9. The van der Waals surface area contributed by atoms with Gasteiger partial charge in [-0.25, -0.2) is 8.78 Å². The molecule has 1 aromatic heterocycles. The van der Waals surface area contributed by atoms with Gasteiger partial charge < -0.3 is 10.2 Å². The molecule has 0 aliphatic rings. The van der Waals surface area contributed by atoms with E-state index in [4.69, 9.17) is 0 Å². The SMILES string of the molecule is O=C(c1ccc(-c2cccc(O)c2)s1)c1cc(F)c(F)c(O)c1F. The molecule has 2 N–H and O–H groups in total. The number of phenolic OH excluding ortho intramolecular Hbond substituents is 2. The second-order valence-electron chi connectivity index (χ2n) is 4.93. The molecule has 122 valence electrons. The molecule has 0 bridgehead atoms. The molecule has 0 saturated carbocycles. The van der Waals surface area contributed by atoms with Crippen LogP contribution in [0.15, 0.2) is 42.5 Å². The van der Waals surface area contributed by atoms with Crippen LogP contribution in [0.1, 0.15) is 15.2 Å². The third kappa shape index (κ3) is 2.74. The highest BCUT2D eigenvalue weighted by Crippen LogP contribution is 2.33. The number of hydrogen-bond donors (Lipinski definition) is 2. The van der Waals surface area contributed by atoms with Crippen molar-refractivity contribution in [3.63, 3.8) is 0 Å². The van der Waals surface area contributed by atoms with Crippen LogP contribution in [0.5, 0.6) is 11.5 Å². The first-order valence-corrected chi connectivity index (χ1v) is 7.50. The lowest BCUT2D eigenvalue weighted by Gasteiger charge is -2.04. The van der Waals surface area contributed by atoms with E-state index in [-0.39, 0.29) is 10.6 Å². The maximum Gasteiger partial charge on any atom is 0.206 e. The molecule has 3 aromatic rings. The molecule has 0 fully saturated rings. The van der Waals surface area contributed by atoms with Crippen molar-refractivity contribution in [1.29, 1.82) is 0 Å². The summed E-state index contributed by atoms with van der Waals surface area (Å²) in [5, 5.41) is 18.7. The highest BCUT2D eigenvalue weighted by molar-refractivity contribution is 7.17. The lowest BCUT2D eigenvalue weighted by atomic mass is 10.1. The minimum Gasteiger partial charge on any atom is -0.508 e. The van der Waals surface area contributed by atoms with Crippen molar-refractivity contribution in [1.82, 2.24) is 0 Å². The van der Waals surface area contributed by atoms with Gasteiger partial charge in [0.25, 0.3) is 0 Å². The molecule has 0 unspecified atom stereocenters. The van der Waals surface area contributed by atoms with Crippen molar-refractivity contribution < 1.29 is 28.2 Å². The van der Waals surface area contributed by atoms with Crippen LogP contribution in [-0.2, 0) is 0 Å². The van der Waals surface area contributed by atoms with E-state index in [1.165, 1.54) is 18.2 Å². The standard InChI is InChI=1S/C17H9F3O3S/c18-11-7-10(14(19)17(23)15(11)20)16(22)13-5-4-12(24-13)8-2-1-3-9(21)6-8/h1-7,21,23H. The predicted octanol–water partition coefficient (Wildman–Crippen LogP) is 4.47. The Balaban J connectivity index is 2.01. The number of benzene rings is 2. The Hall–Kier alpha value is -2.80. The summed E-state index contributed by atoms with van der Waals surface area (Å²) in [6, 6.07) is 9.73. The topological polar surface area (TPSA) is 57.5 Å². The van der Waals surface area contributed by atoms with Gasteiger partial charge in [0.05, 0.1) is 10.4 Å². The monoisotopic (exact) mass is 350 g/mol. The van der Waals surface area contributed by atoms with E-state index in [0.29, 0.717) is 16.5 Å². The molecular weight excluding hydrogens is 341 g/mol. The van der Waals surface area contributed by atoms with Crippen molar-refractivity contribution in [2.24, 2.45) is 0 Å². The molecule has 7 heteroatoms. The molecule has 3 nitrogen and oxygen atoms in total. The van der Waals surface area contributed by atoms with E-state index in [0.717, 1.165) is 11.3 Å². The second-order valence-corrected chi connectivity index (χ2v) is 6.01. The number of carbonyl (C=O) groups is 1. The van der Waals surface area contributed by atoms with Crippen molar-refractivity contribution in [2.45, 2.75) is 0 Å². The Morgan fingerprint density at radius 3 is 2.42 bits per heavy atom. The molecule has 0 aliphatic carbocycles. The molecule has 0 radical (unpaired) electrons.